The van der Waals surface area contributed by atoms with E-state index >= 15 is 0 Å². The lowest BCUT2D eigenvalue weighted by Gasteiger charge is -2.13. The van der Waals surface area contributed by atoms with E-state index in [0.29, 0.717) is 17.1 Å². The number of methoxy groups -OCH3 is 1. The summed E-state index contributed by atoms with van der Waals surface area (Å²) in [6.45, 7) is 0.267. The first-order valence-corrected chi connectivity index (χ1v) is 11.5. The number of aliphatic imine (C=N–C) groups is 1. The fourth-order valence-corrected chi connectivity index (χ4v) is 4.13. The largest absolute Gasteiger partial charge is 0.493 e. The van der Waals surface area contributed by atoms with E-state index in [1.54, 1.807) is 12.1 Å². The van der Waals surface area contributed by atoms with Gasteiger partial charge in [-0.05, 0) is 53.6 Å². The zero-order chi connectivity index (χ0) is 25.1. The first-order chi connectivity index (χ1) is 16.7. The van der Waals surface area contributed by atoms with Crippen LogP contribution in [0.15, 0.2) is 69.8 Å². The molecule has 4 rings (SSSR count). The maximum absolute atomic E-state index is 12.4. The van der Waals surface area contributed by atoms with Crippen LogP contribution in [0.4, 0.5) is 5.69 Å². The molecule has 0 aromatic heterocycles. The summed E-state index contributed by atoms with van der Waals surface area (Å²) >= 11 is 15.7. The van der Waals surface area contributed by atoms with Gasteiger partial charge in [-0.3, -0.25) is 10.1 Å². The first-order valence-electron chi connectivity index (χ1n) is 9.97. The molecule has 0 unspecified atom stereocenters. The minimum absolute atomic E-state index is 0.0153. The van der Waals surface area contributed by atoms with Crippen LogP contribution in [0.25, 0.3) is 6.08 Å². The summed E-state index contributed by atoms with van der Waals surface area (Å²) in [5, 5.41) is 11.4. The monoisotopic (exact) mass is 576 g/mol. The normalized spacial score (nSPS) is 14.0. The Morgan fingerprint density at radius 3 is 2.66 bits per heavy atom. The van der Waals surface area contributed by atoms with E-state index in [0.717, 1.165) is 10.0 Å². The van der Waals surface area contributed by atoms with Gasteiger partial charge in [0.05, 0.1) is 17.1 Å². The highest BCUT2D eigenvalue weighted by Crippen LogP contribution is 2.38. The summed E-state index contributed by atoms with van der Waals surface area (Å²) in [4.78, 5) is 27.1. The van der Waals surface area contributed by atoms with Crippen molar-refractivity contribution in [3.05, 3.63) is 102 Å². The van der Waals surface area contributed by atoms with Crippen LogP contribution < -0.4 is 9.47 Å². The predicted molar refractivity (Wildman–Crippen MR) is 135 cm³/mol. The van der Waals surface area contributed by atoms with Crippen LogP contribution >= 0.6 is 39.1 Å². The van der Waals surface area contributed by atoms with Crippen LogP contribution in [0.1, 0.15) is 16.7 Å². The van der Waals surface area contributed by atoms with E-state index in [4.69, 9.17) is 37.4 Å². The fraction of sp³-hybridized carbons (Fsp3) is 0.0833. The molecule has 0 aliphatic carbocycles. The molecule has 35 heavy (non-hydrogen) atoms. The second kappa shape index (κ2) is 10.5. The minimum Gasteiger partial charge on any atom is -0.493 e. The highest BCUT2D eigenvalue weighted by molar-refractivity contribution is 9.10. The van der Waals surface area contributed by atoms with Crippen LogP contribution in [0.3, 0.4) is 0 Å². The number of cyclic esters (lactones) is 1. The van der Waals surface area contributed by atoms with E-state index in [1.807, 2.05) is 24.3 Å². The van der Waals surface area contributed by atoms with Gasteiger partial charge in [0.25, 0.3) is 5.69 Å². The molecule has 3 aromatic carbocycles. The Labute approximate surface area is 218 Å². The summed E-state index contributed by atoms with van der Waals surface area (Å²) in [5.41, 5.74) is 1.35. The number of nitro benzene ring substituents is 1. The number of carbonyl (C=O) groups is 1. The number of carbonyl (C=O) groups excluding carboxylic acids is 1. The van der Waals surface area contributed by atoms with Crippen LogP contribution in [0.5, 0.6) is 11.5 Å². The second-order valence-electron chi connectivity index (χ2n) is 7.21. The Hall–Kier alpha value is -3.40. The topological polar surface area (TPSA) is 100 Å². The molecule has 0 spiro atoms. The Bertz CT molecular complexity index is 1410. The van der Waals surface area contributed by atoms with Crippen LogP contribution in [-0.4, -0.2) is 23.9 Å². The number of hydrogen-bond acceptors (Lipinski definition) is 7. The van der Waals surface area contributed by atoms with E-state index in [1.165, 1.54) is 31.4 Å². The lowest BCUT2D eigenvalue weighted by Crippen LogP contribution is -2.06. The summed E-state index contributed by atoms with van der Waals surface area (Å²) in [6.07, 6.45) is 1.46. The number of hydrogen-bond donors (Lipinski definition) is 0. The molecule has 11 heteroatoms. The van der Waals surface area contributed by atoms with Crippen molar-refractivity contribution >= 4 is 62.8 Å². The molecule has 8 nitrogen and oxygen atoms in total. The molecule has 1 aliphatic heterocycles. The highest BCUT2D eigenvalue weighted by Gasteiger charge is 2.26. The van der Waals surface area contributed by atoms with Gasteiger partial charge in [-0.25, -0.2) is 9.79 Å². The zero-order valence-electron chi connectivity index (χ0n) is 18.0. The lowest BCUT2D eigenvalue weighted by molar-refractivity contribution is -0.384. The third-order valence-electron chi connectivity index (χ3n) is 4.84. The second-order valence-corrected chi connectivity index (χ2v) is 8.94. The van der Waals surface area contributed by atoms with Gasteiger partial charge in [0.15, 0.2) is 17.2 Å². The molecule has 0 atom stereocenters. The van der Waals surface area contributed by atoms with Gasteiger partial charge in [0.1, 0.15) is 11.6 Å². The maximum atomic E-state index is 12.4. The number of benzene rings is 3. The van der Waals surface area contributed by atoms with Gasteiger partial charge >= 0.3 is 5.97 Å². The molecule has 0 N–H and O–H groups in total. The van der Waals surface area contributed by atoms with Crippen molar-refractivity contribution in [2.75, 3.05) is 7.11 Å². The highest BCUT2D eigenvalue weighted by atomic mass is 79.9. The van der Waals surface area contributed by atoms with Crippen molar-refractivity contribution in [1.82, 2.24) is 0 Å². The molecule has 0 amide bonds. The zero-order valence-corrected chi connectivity index (χ0v) is 21.1. The SMILES string of the molecule is COc1cc(/C=C2\N=C(c3ccc(Cl)c([N+](=O)[O-])c3)OC2=O)cc(Cl)c1OCc1cccc(Br)c1. The number of nitrogens with zero attached hydrogens (tertiary/aromatic N) is 2. The molecule has 0 saturated carbocycles. The smallest absolute Gasteiger partial charge is 0.363 e. The average molecular weight is 578 g/mol. The fourth-order valence-electron chi connectivity index (χ4n) is 3.22. The van der Waals surface area contributed by atoms with Crippen molar-refractivity contribution in [2.45, 2.75) is 6.61 Å². The summed E-state index contributed by atoms with van der Waals surface area (Å²) < 4.78 is 17.4. The molecule has 1 heterocycles. The third kappa shape index (κ3) is 5.64. The third-order valence-corrected chi connectivity index (χ3v) is 5.93. The molecule has 0 bridgehead atoms. The van der Waals surface area contributed by atoms with Crippen molar-refractivity contribution < 1.29 is 23.9 Å². The molecular weight excluding hydrogens is 563 g/mol. The Morgan fingerprint density at radius 1 is 1.14 bits per heavy atom. The van der Waals surface area contributed by atoms with Gasteiger partial charge in [-0.1, -0.05) is 51.3 Å². The van der Waals surface area contributed by atoms with Gasteiger partial charge in [-0.2, -0.15) is 0 Å². The van der Waals surface area contributed by atoms with Crippen molar-refractivity contribution in [1.29, 1.82) is 0 Å². The van der Waals surface area contributed by atoms with Gasteiger partial charge < -0.3 is 14.2 Å². The summed E-state index contributed by atoms with van der Waals surface area (Å²) in [5.74, 6) is -0.0816. The van der Waals surface area contributed by atoms with Gasteiger partial charge in [-0.15, -0.1) is 0 Å². The molecule has 0 radical (unpaired) electrons. The van der Waals surface area contributed by atoms with Gasteiger partial charge in [0, 0.05) is 16.1 Å². The number of nitro groups is 1. The summed E-state index contributed by atoms with van der Waals surface area (Å²) in [6, 6.07) is 14.9. The summed E-state index contributed by atoms with van der Waals surface area (Å²) in [7, 11) is 1.47. The maximum Gasteiger partial charge on any atom is 0.363 e. The minimum atomic E-state index is -0.720. The molecule has 3 aromatic rings. The van der Waals surface area contributed by atoms with Crippen molar-refractivity contribution in [3.8, 4) is 11.5 Å². The Balaban J connectivity index is 1.61. The number of rotatable bonds is 7. The quantitative estimate of drug-likeness (QED) is 0.136. The first kappa shape index (κ1) is 24.7. The molecule has 178 valence electrons. The Morgan fingerprint density at radius 2 is 1.94 bits per heavy atom. The van der Waals surface area contributed by atoms with Crippen molar-refractivity contribution in [3.63, 3.8) is 0 Å². The van der Waals surface area contributed by atoms with E-state index in [-0.39, 0.29) is 39.5 Å². The Kier molecular flexibility index (Phi) is 7.39. The molecule has 1 aliphatic rings. The molecule has 0 fully saturated rings. The number of ether oxygens (including phenoxy) is 3. The standard InChI is InChI=1S/C24H15BrCl2N2O6/c1-33-21-10-14(8-18(27)22(21)34-12-13-3-2-4-16(25)7-13)9-19-24(30)35-23(28-19)15-5-6-17(26)20(11-15)29(31)32/h2-11H,12H2,1H3/b19-9-. The molecular formula is C24H15BrCl2N2O6. The van der Waals surface area contributed by atoms with Crippen molar-refractivity contribution in [2.24, 2.45) is 4.99 Å². The lowest BCUT2D eigenvalue weighted by atomic mass is 10.1. The molecule has 0 saturated heterocycles. The van der Waals surface area contributed by atoms with Crippen LogP contribution in [0, 0.1) is 10.1 Å². The number of halogens is 3. The van der Waals surface area contributed by atoms with E-state index in [9.17, 15) is 14.9 Å². The number of esters is 1. The predicted octanol–water partition coefficient (Wildman–Crippen LogP) is 6.60. The van der Waals surface area contributed by atoms with Crippen LogP contribution in [0.2, 0.25) is 10.0 Å². The average Bonchev–Trinajstić information content (AvgIpc) is 3.18. The van der Waals surface area contributed by atoms with Crippen LogP contribution in [-0.2, 0) is 16.1 Å². The van der Waals surface area contributed by atoms with E-state index < -0.39 is 10.9 Å². The van der Waals surface area contributed by atoms with Gasteiger partial charge in [0.2, 0.25) is 5.90 Å². The van der Waals surface area contributed by atoms with E-state index in [2.05, 4.69) is 20.9 Å².